The molecular weight excluding hydrogens is 453 g/mol. The summed E-state index contributed by atoms with van der Waals surface area (Å²) in [4.78, 5) is 25.2. The molecule has 3 fully saturated rings. The number of carbonyl (C=O) groups excluding carboxylic acids is 2. The normalized spacial score (nSPS) is 24.9. The first-order valence-electron chi connectivity index (χ1n) is 10.2. The van der Waals surface area contributed by atoms with E-state index in [9.17, 15) is 14.0 Å². The maximum absolute atomic E-state index is 13.0. The minimum absolute atomic E-state index is 0.00197. The molecule has 1 aromatic carbocycles. The van der Waals surface area contributed by atoms with E-state index in [1.54, 1.807) is 23.1 Å². The van der Waals surface area contributed by atoms with Crippen molar-refractivity contribution in [2.45, 2.75) is 25.4 Å². The lowest BCUT2D eigenvalue weighted by atomic mass is 9.99. The second-order valence-corrected chi connectivity index (χ2v) is 8.30. The molecule has 3 aliphatic rings. The molecule has 2 aromatic rings. The molecule has 0 radical (unpaired) electrons. The predicted octanol–water partition coefficient (Wildman–Crippen LogP) is 1.89. The Bertz CT molecular complexity index is 1170. The van der Waals surface area contributed by atoms with E-state index in [1.807, 2.05) is 6.92 Å². The van der Waals surface area contributed by atoms with Gasteiger partial charge in [-0.25, -0.2) is 18.9 Å². The standard InChI is InChI=1S/C22H18FN3O6S/c1-13(2-3-14-4-6-16(23)7-5-14)9-11-29-18-19(25-33-24-18)30-17-15-8-10-26(12-15)22(17)31-20(27)21(28)32-22/h4-7,9,15,17H,8,10-12H2,1H3/b13-9-. The summed E-state index contributed by atoms with van der Waals surface area (Å²) in [5, 5.41) is 0. The average molecular weight is 471 g/mol. The summed E-state index contributed by atoms with van der Waals surface area (Å²) in [6, 6.07) is 5.92. The van der Waals surface area contributed by atoms with Gasteiger partial charge in [0.1, 0.15) is 12.4 Å². The Balaban J connectivity index is 1.24. The van der Waals surface area contributed by atoms with Gasteiger partial charge in [0.2, 0.25) is 0 Å². The van der Waals surface area contributed by atoms with Crippen LogP contribution < -0.4 is 9.47 Å². The molecule has 33 heavy (non-hydrogen) atoms. The van der Waals surface area contributed by atoms with Gasteiger partial charge in [-0.2, -0.15) is 0 Å². The highest BCUT2D eigenvalue weighted by Crippen LogP contribution is 2.47. The number of piperidine rings is 1. The number of hydrogen-bond donors (Lipinski definition) is 0. The second kappa shape index (κ2) is 8.46. The van der Waals surface area contributed by atoms with Gasteiger partial charge < -0.3 is 18.9 Å². The molecule has 4 heterocycles. The number of ether oxygens (including phenoxy) is 4. The van der Waals surface area contributed by atoms with Crippen molar-refractivity contribution in [3.63, 3.8) is 0 Å². The molecule has 0 saturated carbocycles. The van der Waals surface area contributed by atoms with Crippen molar-refractivity contribution in [2.75, 3.05) is 19.7 Å². The average Bonchev–Trinajstić information content (AvgIpc) is 3.56. The van der Waals surface area contributed by atoms with Crippen molar-refractivity contribution in [2.24, 2.45) is 5.92 Å². The van der Waals surface area contributed by atoms with E-state index < -0.39 is 24.0 Å². The number of esters is 2. The Morgan fingerprint density at radius 3 is 2.76 bits per heavy atom. The Morgan fingerprint density at radius 1 is 1.27 bits per heavy atom. The third kappa shape index (κ3) is 4.03. The number of nitrogens with zero attached hydrogens (tertiary/aromatic N) is 3. The van der Waals surface area contributed by atoms with Crippen molar-refractivity contribution in [1.29, 1.82) is 0 Å². The number of allylic oxidation sites excluding steroid dienone is 1. The third-order valence-electron chi connectivity index (χ3n) is 5.62. The Kier molecular flexibility index (Phi) is 5.47. The molecule has 3 atom stereocenters. The van der Waals surface area contributed by atoms with Gasteiger partial charge in [-0.15, -0.1) is 8.75 Å². The van der Waals surface area contributed by atoms with Crippen molar-refractivity contribution >= 4 is 23.7 Å². The molecule has 1 aromatic heterocycles. The number of halogens is 1. The van der Waals surface area contributed by atoms with Crippen LogP contribution >= 0.6 is 11.7 Å². The second-order valence-electron chi connectivity index (χ2n) is 7.77. The zero-order valence-corrected chi connectivity index (χ0v) is 18.3. The van der Waals surface area contributed by atoms with E-state index in [2.05, 4.69) is 20.6 Å². The van der Waals surface area contributed by atoms with Crippen LogP contribution in [0.4, 0.5) is 4.39 Å². The van der Waals surface area contributed by atoms with Crippen LogP contribution in [0.1, 0.15) is 18.9 Å². The van der Waals surface area contributed by atoms with Crippen LogP contribution in [-0.4, -0.2) is 57.3 Å². The van der Waals surface area contributed by atoms with E-state index in [0.29, 0.717) is 18.7 Å². The Morgan fingerprint density at radius 2 is 2.00 bits per heavy atom. The molecule has 9 nitrogen and oxygen atoms in total. The van der Waals surface area contributed by atoms with Gasteiger partial charge in [-0.05, 0) is 49.3 Å². The van der Waals surface area contributed by atoms with Crippen LogP contribution in [0.15, 0.2) is 35.9 Å². The lowest BCUT2D eigenvalue weighted by Crippen LogP contribution is -2.57. The molecule has 1 spiro atoms. The van der Waals surface area contributed by atoms with Gasteiger partial charge in [0.15, 0.2) is 6.10 Å². The summed E-state index contributed by atoms with van der Waals surface area (Å²) < 4.78 is 43.5. The molecule has 2 bridgehead atoms. The number of fused-ring (bicyclic) bond motifs is 3. The first-order chi connectivity index (χ1) is 15.9. The summed E-state index contributed by atoms with van der Waals surface area (Å²) in [6.07, 6.45) is 1.85. The quantitative estimate of drug-likeness (QED) is 0.368. The summed E-state index contributed by atoms with van der Waals surface area (Å²) in [6.45, 7) is 3.20. The van der Waals surface area contributed by atoms with Crippen molar-refractivity contribution in [3.05, 3.63) is 47.3 Å². The number of carbonyl (C=O) groups is 2. The van der Waals surface area contributed by atoms with Gasteiger partial charge in [0.25, 0.3) is 11.8 Å². The molecule has 0 N–H and O–H groups in total. The Hall–Kier alpha value is -3.49. The topological polar surface area (TPSA) is 100 Å². The van der Waals surface area contributed by atoms with Crippen LogP contribution in [0.3, 0.4) is 0 Å². The zero-order valence-electron chi connectivity index (χ0n) is 17.4. The molecular formula is C22H18FN3O6S. The monoisotopic (exact) mass is 471 g/mol. The van der Waals surface area contributed by atoms with Gasteiger partial charge in [0.05, 0.1) is 11.7 Å². The highest BCUT2D eigenvalue weighted by Gasteiger charge is 2.69. The van der Waals surface area contributed by atoms with E-state index >= 15 is 0 Å². The molecule has 3 unspecified atom stereocenters. The van der Waals surface area contributed by atoms with Crippen LogP contribution in [0.5, 0.6) is 11.8 Å². The van der Waals surface area contributed by atoms with Crippen molar-refractivity contribution < 1.29 is 32.9 Å². The van der Waals surface area contributed by atoms with E-state index in [0.717, 1.165) is 23.7 Å². The number of rotatable bonds is 5. The SMILES string of the molecule is C/C(C#Cc1ccc(F)cc1)=C/COc1nsnc1OC1C2CCN(C2)C12OC(=O)C(=O)O2. The lowest BCUT2D eigenvalue weighted by Gasteiger charge is -2.36. The number of hydrogen-bond acceptors (Lipinski definition) is 10. The highest BCUT2D eigenvalue weighted by atomic mass is 32.1. The smallest absolute Gasteiger partial charge is 0.422 e. The Labute approximate surface area is 192 Å². The van der Waals surface area contributed by atoms with Crippen LogP contribution in [-0.2, 0) is 19.1 Å². The summed E-state index contributed by atoms with van der Waals surface area (Å²) in [5.41, 5.74) is 1.46. The maximum Gasteiger partial charge on any atom is 0.422 e. The first kappa shape index (κ1) is 21.4. The summed E-state index contributed by atoms with van der Waals surface area (Å²) in [5.74, 6) is 2.29. The molecule has 3 saturated heterocycles. The minimum Gasteiger partial charge on any atom is -0.469 e. The zero-order chi connectivity index (χ0) is 23.0. The third-order valence-corrected chi connectivity index (χ3v) is 6.12. The van der Waals surface area contributed by atoms with Gasteiger partial charge in [0, 0.05) is 24.6 Å². The lowest BCUT2D eigenvalue weighted by molar-refractivity contribution is -0.273. The fourth-order valence-corrected chi connectivity index (χ4v) is 4.48. The molecule has 0 amide bonds. The van der Waals surface area contributed by atoms with Crippen molar-refractivity contribution in [3.8, 4) is 23.6 Å². The molecule has 0 aliphatic carbocycles. The van der Waals surface area contributed by atoms with E-state index in [4.69, 9.17) is 18.9 Å². The summed E-state index contributed by atoms with van der Waals surface area (Å²) in [7, 11) is 0. The predicted molar refractivity (Wildman–Crippen MR) is 111 cm³/mol. The summed E-state index contributed by atoms with van der Waals surface area (Å²) >= 11 is 0.911. The van der Waals surface area contributed by atoms with Crippen LogP contribution in [0.25, 0.3) is 0 Å². The van der Waals surface area contributed by atoms with Gasteiger partial charge >= 0.3 is 17.8 Å². The number of benzene rings is 1. The van der Waals surface area contributed by atoms with Crippen molar-refractivity contribution in [1.82, 2.24) is 13.6 Å². The fourth-order valence-electron chi connectivity index (χ4n) is 4.03. The maximum atomic E-state index is 13.0. The fraction of sp³-hybridized carbons (Fsp3) is 0.364. The molecule has 11 heteroatoms. The van der Waals surface area contributed by atoms with Gasteiger partial charge in [-0.3, -0.25) is 0 Å². The number of aromatic nitrogens is 2. The van der Waals surface area contributed by atoms with E-state index in [1.165, 1.54) is 12.1 Å². The van der Waals surface area contributed by atoms with E-state index in [-0.39, 0.29) is 30.1 Å². The highest BCUT2D eigenvalue weighted by molar-refractivity contribution is 6.99. The first-order valence-corrected chi connectivity index (χ1v) is 11.0. The minimum atomic E-state index is -1.57. The molecule has 170 valence electrons. The van der Waals surface area contributed by atoms with Crippen LogP contribution in [0, 0.1) is 23.6 Å². The largest absolute Gasteiger partial charge is 0.469 e. The molecule has 5 rings (SSSR count). The van der Waals surface area contributed by atoms with Gasteiger partial charge in [-0.1, -0.05) is 11.8 Å². The van der Waals surface area contributed by atoms with Crippen LogP contribution in [0.2, 0.25) is 0 Å². The molecule has 3 aliphatic heterocycles.